The Morgan fingerprint density at radius 3 is 2.53 bits per heavy atom. The SMILES string of the molecule is C[C@@H](O)[C@H]1C[C@@H]2SC(N(C)C)=N[C@@H]2[C@@H](O)[C@@H]1O. The van der Waals surface area contributed by atoms with Crippen LogP contribution in [0.5, 0.6) is 0 Å². The molecule has 0 aromatic carbocycles. The molecule has 0 aromatic heterocycles. The lowest BCUT2D eigenvalue weighted by Crippen LogP contribution is -2.53. The first-order valence-electron chi connectivity index (χ1n) is 5.87. The van der Waals surface area contributed by atoms with Crippen molar-refractivity contribution >= 4 is 16.9 Å². The number of aliphatic hydroxyl groups excluding tert-OH is 3. The predicted octanol–water partition coefficient (Wildman–Crippen LogP) is -0.490. The van der Waals surface area contributed by atoms with Crippen LogP contribution >= 0.6 is 11.8 Å². The van der Waals surface area contributed by atoms with Crippen LogP contribution in [0.25, 0.3) is 0 Å². The number of nitrogens with zero attached hydrogens (tertiary/aromatic N) is 2. The Kier molecular flexibility index (Phi) is 3.68. The smallest absolute Gasteiger partial charge is 0.159 e. The van der Waals surface area contributed by atoms with Gasteiger partial charge in [0.1, 0.15) is 6.10 Å². The fourth-order valence-electron chi connectivity index (χ4n) is 2.50. The van der Waals surface area contributed by atoms with Crippen LogP contribution in [0.1, 0.15) is 13.3 Å². The van der Waals surface area contributed by atoms with Crippen LogP contribution in [0.15, 0.2) is 4.99 Å². The molecule has 2 aliphatic rings. The number of amidine groups is 1. The molecule has 0 spiro atoms. The van der Waals surface area contributed by atoms with E-state index in [-0.39, 0.29) is 17.2 Å². The topological polar surface area (TPSA) is 76.3 Å². The second-order valence-corrected chi connectivity index (χ2v) is 6.28. The molecule has 6 atom stereocenters. The first-order valence-corrected chi connectivity index (χ1v) is 6.75. The predicted molar refractivity (Wildman–Crippen MR) is 68.1 cm³/mol. The Bertz CT molecular complexity index is 322. The first-order chi connectivity index (χ1) is 7.91. The summed E-state index contributed by atoms with van der Waals surface area (Å²) in [5.41, 5.74) is 0. The Morgan fingerprint density at radius 2 is 2.00 bits per heavy atom. The number of hydrogen-bond acceptors (Lipinski definition) is 6. The number of thioether (sulfide) groups is 1. The van der Waals surface area contributed by atoms with Gasteiger partial charge >= 0.3 is 0 Å². The molecule has 6 heteroatoms. The molecule has 5 nitrogen and oxygen atoms in total. The zero-order chi connectivity index (χ0) is 12.7. The van der Waals surface area contributed by atoms with Gasteiger partial charge in [-0.3, -0.25) is 4.99 Å². The molecule has 1 fully saturated rings. The Balaban J connectivity index is 2.15. The van der Waals surface area contributed by atoms with E-state index in [4.69, 9.17) is 0 Å². The van der Waals surface area contributed by atoms with E-state index in [1.54, 1.807) is 18.7 Å². The number of hydrogen-bond donors (Lipinski definition) is 3. The van der Waals surface area contributed by atoms with Gasteiger partial charge in [-0.2, -0.15) is 0 Å². The molecule has 0 amide bonds. The van der Waals surface area contributed by atoms with E-state index in [1.165, 1.54) is 0 Å². The Morgan fingerprint density at radius 1 is 1.35 bits per heavy atom. The van der Waals surface area contributed by atoms with Crippen LogP contribution in [0.4, 0.5) is 0 Å². The van der Waals surface area contributed by atoms with Crippen molar-refractivity contribution in [3.05, 3.63) is 0 Å². The molecule has 2 rings (SSSR count). The van der Waals surface area contributed by atoms with Crippen molar-refractivity contribution in [3.63, 3.8) is 0 Å². The molecule has 98 valence electrons. The Hall–Kier alpha value is -0.300. The number of fused-ring (bicyclic) bond motifs is 1. The van der Waals surface area contributed by atoms with Gasteiger partial charge in [0.2, 0.25) is 0 Å². The third kappa shape index (κ3) is 2.31. The molecule has 1 aliphatic carbocycles. The summed E-state index contributed by atoms with van der Waals surface area (Å²) in [4.78, 5) is 6.36. The summed E-state index contributed by atoms with van der Waals surface area (Å²) in [7, 11) is 3.83. The fourth-order valence-corrected chi connectivity index (χ4v) is 3.84. The minimum Gasteiger partial charge on any atom is -0.393 e. The molecular weight excluding hydrogens is 240 g/mol. The molecule has 0 radical (unpaired) electrons. The number of aliphatic imine (C=N–C) groups is 1. The van der Waals surface area contributed by atoms with Crippen LogP contribution < -0.4 is 0 Å². The van der Waals surface area contributed by atoms with Gasteiger partial charge < -0.3 is 20.2 Å². The lowest BCUT2D eigenvalue weighted by molar-refractivity contribution is -0.0835. The molecule has 17 heavy (non-hydrogen) atoms. The summed E-state index contributed by atoms with van der Waals surface area (Å²) >= 11 is 1.62. The summed E-state index contributed by atoms with van der Waals surface area (Å²) in [6.07, 6.45) is -1.68. The van der Waals surface area contributed by atoms with Gasteiger partial charge in [0.05, 0.1) is 18.2 Å². The summed E-state index contributed by atoms with van der Waals surface area (Å²) < 4.78 is 0. The van der Waals surface area contributed by atoms with Gasteiger partial charge in [-0.15, -0.1) is 0 Å². The quantitative estimate of drug-likeness (QED) is 0.593. The van der Waals surface area contributed by atoms with E-state index in [9.17, 15) is 15.3 Å². The van der Waals surface area contributed by atoms with Crippen LogP contribution in [-0.4, -0.2) is 69.1 Å². The highest BCUT2D eigenvalue weighted by atomic mass is 32.2. The van der Waals surface area contributed by atoms with E-state index in [2.05, 4.69) is 4.99 Å². The number of aliphatic hydroxyl groups is 3. The number of rotatable bonds is 1. The maximum absolute atomic E-state index is 10.1. The molecule has 1 saturated carbocycles. The lowest BCUT2D eigenvalue weighted by Gasteiger charge is -2.39. The summed E-state index contributed by atoms with van der Waals surface area (Å²) in [5.74, 6) is -0.268. The summed E-state index contributed by atoms with van der Waals surface area (Å²) in [6, 6.07) is -0.248. The fraction of sp³-hybridized carbons (Fsp3) is 0.909. The third-order valence-electron chi connectivity index (χ3n) is 3.54. The molecular formula is C11H20N2O3S. The van der Waals surface area contributed by atoms with Gasteiger partial charge in [-0.05, 0) is 13.3 Å². The maximum Gasteiger partial charge on any atom is 0.159 e. The van der Waals surface area contributed by atoms with E-state index in [1.807, 2.05) is 19.0 Å². The minimum absolute atomic E-state index is 0.158. The highest BCUT2D eigenvalue weighted by Gasteiger charge is 2.48. The van der Waals surface area contributed by atoms with Gasteiger partial charge in [-0.25, -0.2) is 0 Å². The van der Waals surface area contributed by atoms with Gasteiger partial charge in [0, 0.05) is 25.3 Å². The molecule has 0 saturated heterocycles. The zero-order valence-electron chi connectivity index (χ0n) is 10.3. The monoisotopic (exact) mass is 260 g/mol. The van der Waals surface area contributed by atoms with Crippen molar-refractivity contribution in [1.29, 1.82) is 0 Å². The summed E-state index contributed by atoms with van der Waals surface area (Å²) in [5, 5.41) is 30.7. The van der Waals surface area contributed by atoms with Gasteiger partial charge in [0.15, 0.2) is 5.17 Å². The molecule has 0 bridgehead atoms. The molecule has 1 heterocycles. The lowest BCUT2D eigenvalue weighted by atomic mass is 9.78. The second-order valence-electron chi connectivity index (χ2n) is 5.07. The van der Waals surface area contributed by atoms with E-state index in [0.29, 0.717) is 6.42 Å². The van der Waals surface area contributed by atoms with Crippen molar-refractivity contribution in [3.8, 4) is 0 Å². The van der Waals surface area contributed by atoms with Crippen LogP contribution in [0, 0.1) is 5.92 Å². The van der Waals surface area contributed by atoms with Crippen molar-refractivity contribution < 1.29 is 15.3 Å². The van der Waals surface area contributed by atoms with Crippen LogP contribution in [0.3, 0.4) is 0 Å². The molecule has 3 N–H and O–H groups in total. The minimum atomic E-state index is -0.887. The van der Waals surface area contributed by atoms with Crippen LogP contribution in [-0.2, 0) is 0 Å². The van der Waals surface area contributed by atoms with Gasteiger partial charge in [-0.1, -0.05) is 11.8 Å². The maximum atomic E-state index is 10.1. The van der Waals surface area contributed by atoms with E-state index >= 15 is 0 Å². The van der Waals surface area contributed by atoms with E-state index < -0.39 is 18.3 Å². The highest BCUT2D eigenvalue weighted by Crippen LogP contribution is 2.41. The highest BCUT2D eigenvalue weighted by molar-refractivity contribution is 8.14. The largest absolute Gasteiger partial charge is 0.393 e. The van der Waals surface area contributed by atoms with Crippen molar-refractivity contribution in [2.45, 2.75) is 42.9 Å². The zero-order valence-corrected chi connectivity index (χ0v) is 11.1. The average molecular weight is 260 g/mol. The van der Waals surface area contributed by atoms with Crippen molar-refractivity contribution in [2.24, 2.45) is 10.9 Å². The van der Waals surface area contributed by atoms with Crippen molar-refractivity contribution in [1.82, 2.24) is 4.90 Å². The standard InChI is InChI=1S/C11H20N2O3S/c1-5(14)6-4-7-8(10(16)9(6)15)12-11(17-7)13(2)3/h5-10,14-16H,4H2,1-3H3/t5-,6-,7+,8+,9-,10-/m1/s1. The van der Waals surface area contributed by atoms with Crippen LogP contribution in [0.2, 0.25) is 0 Å². The summed E-state index contributed by atoms with van der Waals surface area (Å²) in [6.45, 7) is 1.66. The van der Waals surface area contributed by atoms with Gasteiger partial charge in [0.25, 0.3) is 0 Å². The molecule has 0 aromatic rings. The average Bonchev–Trinajstić information content (AvgIpc) is 2.67. The van der Waals surface area contributed by atoms with Crippen molar-refractivity contribution in [2.75, 3.05) is 14.1 Å². The normalized spacial score (nSPS) is 42.9. The van der Waals surface area contributed by atoms with E-state index in [0.717, 1.165) is 5.17 Å². The second kappa shape index (κ2) is 4.76. The molecule has 0 unspecified atom stereocenters. The third-order valence-corrected chi connectivity index (χ3v) is 5.00. The Labute approximate surface area is 106 Å². The molecule has 1 aliphatic heterocycles. The first kappa shape index (κ1) is 13.1.